The number of hydrogen-bond donors (Lipinski definition) is 3. The van der Waals surface area contributed by atoms with E-state index in [2.05, 4.69) is 27.7 Å². The van der Waals surface area contributed by atoms with Crippen LogP contribution in [0.3, 0.4) is 0 Å². The molecule has 0 aliphatic carbocycles. The molecular formula is C25H38N4O4. The van der Waals surface area contributed by atoms with E-state index in [1.54, 1.807) is 0 Å². The summed E-state index contributed by atoms with van der Waals surface area (Å²) in [5, 5.41) is 15.9. The maximum Gasteiger partial charge on any atom is 0.326 e. The number of aliphatic carboxylic acids is 1. The van der Waals surface area contributed by atoms with Crippen LogP contribution in [0.1, 0.15) is 56.7 Å². The number of anilines is 1. The number of carbonyl (C=O) groups is 2. The van der Waals surface area contributed by atoms with Gasteiger partial charge in [-0.1, -0.05) is 13.0 Å². The number of nitrogens with zero attached hydrogens (tertiary/aromatic N) is 2. The van der Waals surface area contributed by atoms with E-state index >= 15 is 0 Å². The van der Waals surface area contributed by atoms with Crippen LogP contribution in [0, 0.1) is 11.3 Å². The Bertz CT molecular complexity index is 840. The first-order chi connectivity index (χ1) is 15.9. The fourth-order valence-corrected chi connectivity index (χ4v) is 5.16. The molecule has 2 atom stereocenters. The fourth-order valence-electron chi connectivity index (χ4n) is 5.16. The average molecular weight is 459 g/mol. The van der Waals surface area contributed by atoms with Gasteiger partial charge in [-0.15, -0.1) is 0 Å². The standard InChI is InChI=1S/C25H38N4O4/c1-25(10-15-33-16-11-25)24(32)28-21(23(30)31)9-14-29-13-8-18(17-29)4-6-20-7-5-19-3-2-12-26-22(19)27-20/h5,7,18,21H,2-4,6,8-17H2,1H3,(H,26,27)(H,28,32)(H,30,31)/t18-,21-/m1/s1. The molecule has 2 fully saturated rings. The molecule has 3 aliphatic heterocycles. The number of likely N-dealkylation sites (tertiary alicyclic amines) is 1. The number of carbonyl (C=O) groups excluding carboxylic acids is 1. The molecule has 1 aromatic heterocycles. The fraction of sp³-hybridized carbons (Fsp3) is 0.720. The summed E-state index contributed by atoms with van der Waals surface area (Å²) in [6.07, 6.45) is 7.18. The van der Waals surface area contributed by atoms with E-state index < -0.39 is 17.4 Å². The normalized spacial score (nSPS) is 23.4. The van der Waals surface area contributed by atoms with Crippen LogP contribution in [-0.4, -0.2) is 72.3 Å². The molecule has 3 N–H and O–H groups in total. The second-order valence-electron chi connectivity index (χ2n) is 10.2. The molecule has 0 aromatic carbocycles. The van der Waals surface area contributed by atoms with Crippen LogP contribution in [0.15, 0.2) is 12.1 Å². The van der Waals surface area contributed by atoms with E-state index in [0.717, 1.165) is 56.8 Å². The van der Waals surface area contributed by atoms with Gasteiger partial charge in [-0.25, -0.2) is 9.78 Å². The van der Waals surface area contributed by atoms with Gasteiger partial charge in [-0.2, -0.15) is 0 Å². The number of ether oxygens (including phenoxy) is 1. The molecule has 1 aromatic rings. The number of pyridine rings is 1. The number of nitrogens with one attached hydrogen (secondary N) is 2. The first-order valence-electron chi connectivity index (χ1n) is 12.5. The predicted octanol–water partition coefficient (Wildman–Crippen LogP) is 2.47. The molecule has 33 heavy (non-hydrogen) atoms. The lowest BCUT2D eigenvalue weighted by Gasteiger charge is -2.33. The van der Waals surface area contributed by atoms with Gasteiger partial charge in [0.05, 0.1) is 5.41 Å². The van der Waals surface area contributed by atoms with Crippen molar-refractivity contribution in [3.05, 3.63) is 23.4 Å². The molecular weight excluding hydrogens is 420 g/mol. The third-order valence-corrected chi connectivity index (χ3v) is 7.61. The topological polar surface area (TPSA) is 104 Å². The van der Waals surface area contributed by atoms with Crippen LogP contribution in [0.4, 0.5) is 5.82 Å². The minimum atomic E-state index is -0.957. The number of aryl methyl sites for hydroxylation is 2. The van der Waals surface area contributed by atoms with Crippen LogP contribution >= 0.6 is 0 Å². The van der Waals surface area contributed by atoms with Crippen LogP contribution in [-0.2, 0) is 27.2 Å². The molecule has 1 amide bonds. The molecule has 0 spiro atoms. The molecule has 3 aliphatic rings. The Morgan fingerprint density at radius 2 is 2.18 bits per heavy atom. The van der Waals surface area contributed by atoms with E-state index in [1.165, 1.54) is 12.0 Å². The Morgan fingerprint density at radius 1 is 1.36 bits per heavy atom. The summed E-state index contributed by atoms with van der Waals surface area (Å²) in [4.78, 5) is 31.7. The van der Waals surface area contributed by atoms with Gasteiger partial charge in [0.2, 0.25) is 5.91 Å². The molecule has 182 valence electrons. The minimum Gasteiger partial charge on any atom is -0.480 e. The SMILES string of the molecule is CC1(C(=O)N[C@H](CCN2CC[C@@H](CCc3ccc4c(n3)NCCC4)C2)C(=O)O)CCOCC1. The molecule has 0 bridgehead atoms. The third-order valence-electron chi connectivity index (χ3n) is 7.61. The van der Waals surface area contributed by atoms with Crippen LogP contribution < -0.4 is 10.6 Å². The Kier molecular flexibility index (Phi) is 7.86. The molecule has 0 unspecified atom stereocenters. The Labute approximate surface area is 196 Å². The largest absolute Gasteiger partial charge is 0.480 e. The molecule has 0 saturated carbocycles. The molecule has 8 nitrogen and oxygen atoms in total. The van der Waals surface area contributed by atoms with Gasteiger partial charge in [-0.05, 0) is 75.5 Å². The van der Waals surface area contributed by atoms with Crippen molar-refractivity contribution in [2.45, 2.75) is 64.3 Å². The highest BCUT2D eigenvalue weighted by Gasteiger charge is 2.37. The summed E-state index contributed by atoms with van der Waals surface area (Å²) < 4.78 is 5.36. The summed E-state index contributed by atoms with van der Waals surface area (Å²) in [7, 11) is 0. The lowest BCUT2D eigenvalue weighted by atomic mass is 9.81. The van der Waals surface area contributed by atoms with E-state index in [1.807, 2.05) is 6.92 Å². The number of fused-ring (bicyclic) bond motifs is 1. The van der Waals surface area contributed by atoms with Crippen molar-refractivity contribution >= 4 is 17.7 Å². The summed E-state index contributed by atoms with van der Waals surface area (Å²) in [6, 6.07) is 3.53. The summed E-state index contributed by atoms with van der Waals surface area (Å²) in [5.41, 5.74) is 1.94. The van der Waals surface area contributed by atoms with Crippen LogP contribution in [0.25, 0.3) is 0 Å². The van der Waals surface area contributed by atoms with Crippen LogP contribution in [0.2, 0.25) is 0 Å². The predicted molar refractivity (Wildman–Crippen MR) is 126 cm³/mol. The first-order valence-corrected chi connectivity index (χ1v) is 12.5. The highest BCUT2D eigenvalue weighted by molar-refractivity contribution is 5.87. The number of rotatable bonds is 9. The van der Waals surface area contributed by atoms with Gasteiger partial charge < -0.3 is 25.4 Å². The van der Waals surface area contributed by atoms with E-state index in [9.17, 15) is 14.7 Å². The second-order valence-corrected chi connectivity index (χ2v) is 10.2. The van der Waals surface area contributed by atoms with Crippen molar-refractivity contribution in [2.75, 3.05) is 44.7 Å². The van der Waals surface area contributed by atoms with Gasteiger partial charge in [0, 0.05) is 38.5 Å². The zero-order valence-corrected chi connectivity index (χ0v) is 19.8. The molecule has 4 rings (SSSR count). The van der Waals surface area contributed by atoms with E-state index in [0.29, 0.717) is 44.9 Å². The second kappa shape index (κ2) is 10.8. The Hall–Kier alpha value is -2.19. The zero-order valence-electron chi connectivity index (χ0n) is 19.8. The van der Waals surface area contributed by atoms with Gasteiger partial charge >= 0.3 is 5.97 Å². The highest BCUT2D eigenvalue weighted by atomic mass is 16.5. The van der Waals surface area contributed by atoms with Crippen molar-refractivity contribution in [3.8, 4) is 0 Å². The number of hydrogen-bond acceptors (Lipinski definition) is 6. The Balaban J connectivity index is 1.21. The third kappa shape index (κ3) is 6.23. The number of carboxylic acid groups (broad SMARTS) is 1. The summed E-state index contributed by atoms with van der Waals surface area (Å²) in [6.45, 7) is 6.67. The van der Waals surface area contributed by atoms with Gasteiger partial charge in [-0.3, -0.25) is 4.79 Å². The van der Waals surface area contributed by atoms with Crippen molar-refractivity contribution in [2.24, 2.45) is 11.3 Å². The average Bonchev–Trinajstić information content (AvgIpc) is 3.28. The van der Waals surface area contributed by atoms with Crippen molar-refractivity contribution in [3.63, 3.8) is 0 Å². The summed E-state index contributed by atoms with van der Waals surface area (Å²) >= 11 is 0. The monoisotopic (exact) mass is 458 g/mol. The molecule has 0 radical (unpaired) electrons. The number of aromatic nitrogens is 1. The molecule has 2 saturated heterocycles. The Morgan fingerprint density at radius 3 is 2.97 bits per heavy atom. The van der Waals surface area contributed by atoms with Gasteiger partial charge in [0.25, 0.3) is 0 Å². The lowest BCUT2D eigenvalue weighted by molar-refractivity contribution is -0.145. The van der Waals surface area contributed by atoms with Crippen LogP contribution in [0.5, 0.6) is 0 Å². The zero-order chi connectivity index (χ0) is 23.3. The van der Waals surface area contributed by atoms with Crippen molar-refractivity contribution < 1.29 is 19.4 Å². The van der Waals surface area contributed by atoms with Gasteiger partial charge in [0.15, 0.2) is 0 Å². The minimum absolute atomic E-state index is 0.162. The quantitative estimate of drug-likeness (QED) is 0.522. The maximum atomic E-state index is 12.7. The van der Waals surface area contributed by atoms with E-state index in [4.69, 9.17) is 9.72 Å². The van der Waals surface area contributed by atoms with Crippen molar-refractivity contribution in [1.82, 2.24) is 15.2 Å². The van der Waals surface area contributed by atoms with E-state index in [-0.39, 0.29) is 5.91 Å². The summed E-state index contributed by atoms with van der Waals surface area (Å²) in [5.74, 6) is 0.546. The number of carboxylic acids is 1. The van der Waals surface area contributed by atoms with Crippen molar-refractivity contribution in [1.29, 1.82) is 0 Å². The van der Waals surface area contributed by atoms with Gasteiger partial charge in [0.1, 0.15) is 11.9 Å². The maximum absolute atomic E-state index is 12.7. The first kappa shape index (κ1) is 24.0. The molecule has 4 heterocycles. The smallest absolute Gasteiger partial charge is 0.326 e. The molecule has 8 heteroatoms. The number of amides is 1. The highest BCUT2D eigenvalue weighted by Crippen LogP contribution is 2.30. The lowest BCUT2D eigenvalue weighted by Crippen LogP contribution is -2.50.